The van der Waals surface area contributed by atoms with Crippen LogP contribution in [0.2, 0.25) is 0 Å². The Balaban J connectivity index is 1.22. The molecule has 0 aliphatic carbocycles. The number of nitrogens with one attached hydrogen (secondary N) is 3. The number of likely N-dealkylation sites (N-methyl/N-ethyl adjacent to an activating group) is 1. The molecule has 3 saturated heterocycles. The van der Waals surface area contributed by atoms with E-state index in [1.165, 1.54) is 67.8 Å². The van der Waals surface area contributed by atoms with Crippen molar-refractivity contribution >= 4 is 10.9 Å². The number of fused-ring (bicyclic) bond motifs is 1. The number of benzene rings is 2. The third kappa shape index (κ3) is 11.0. The molecule has 360 valence electrons. The molecule has 3 aliphatic rings. The van der Waals surface area contributed by atoms with Crippen molar-refractivity contribution < 1.29 is 0 Å². The molecular formula is C59H84N8. The Labute approximate surface area is 405 Å². The second-order valence-electron chi connectivity index (χ2n) is 21.5. The first kappa shape index (κ1) is 49.8. The highest BCUT2D eigenvalue weighted by atomic mass is 15.5. The first-order valence-electron chi connectivity index (χ1n) is 25.5. The van der Waals surface area contributed by atoms with E-state index in [0.29, 0.717) is 29.8 Å². The fourth-order valence-corrected chi connectivity index (χ4v) is 11.4. The zero-order valence-electron chi connectivity index (χ0n) is 43.1. The summed E-state index contributed by atoms with van der Waals surface area (Å²) in [6.07, 6.45) is 11.2. The molecule has 5 unspecified atom stereocenters. The predicted octanol–water partition coefficient (Wildman–Crippen LogP) is 12.2. The van der Waals surface area contributed by atoms with E-state index in [4.69, 9.17) is 24.7 Å². The molecule has 5 heterocycles. The zero-order valence-corrected chi connectivity index (χ0v) is 43.1. The van der Waals surface area contributed by atoms with Crippen molar-refractivity contribution in [1.29, 1.82) is 0 Å². The first-order valence-corrected chi connectivity index (χ1v) is 25.5. The van der Waals surface area contributed by atoms with Gasteiger partial charge in [-0.05, 0) is 129 Å². The number of hydrazine groups is 1. The van der Waals surface area contributed by atoms with Gasteiger partial charge in [-0.15, -0.1) is 6.58 Å². The van der Waals surface area contributed by atoms with E-state index in [0.717, 1.165) is 88.3 Å². The molecule has 3 N–H and O–H groups in total. The average Bonchev–Trinajstić information content (AvgIpc) is 4.02. The quantitative estimate of drug-likeness (QED) is 0.0536. The molecule has 8 heteroatoms. The summed E-state index contributed by atoms with van der Waals surface area (Å²) in [5.74, 6) is 0.958. The maximum atomic E-state index is 4.96. The van der Waals surface area contributed by atoms with Crippen molar-refractivity contribution in [2.75, 3.05) is 33.2 Å². The van der Waals surface area contributed by atoms with Crippen LogP contribution in [0.5, 0.6) is 0 Å². The second kappa shape index (κ2) is 21.1. The summed E-state index contributed by atoms with van der Waals surface area (Å²) in [6, 6.07) is 19.4. The smallest absolute Gasteiger partial charge is 0.0707 e. The van der Waals surface area contributed by atoms with E-state index >= 15 is 0 Å². The van der Waals surface area contributed by atoms with Crippen LogP contribution in [-0.4, -0.2) is 81.8 Å². The van der Waals surface area contributed by atoms with Gasteiger partial charge >= 0.3 is 0 Å². The number of pyridine rings is 1. The molecule has 3 aliphatic heterocycles. The number of nitrogens with zero attached hydrogens (tertiary/aromatic N) is 5. The summed E-state index contributed by atoms with van der Waals surface area (Å²) >= 11 is 0. The Bertz CT molecular complexity index is 2440. The SMILES string of the molecule is C=CCCC(C)(C)Cc1c(-c2cccnc2C(C)C)n(CC)c2ccc(-c3cc(C)cc(CC(NC(=C)C(C(C)C)N(C)C(=C)C4CCN(C(=C)C5CN5)C4C)C(=C)N4CCCCN4)c3)cc12. The highest BCUT2D eigenvalue weighted by molar-refractivity contribution is 5.95. The lowest BCUT2D eigenvalue weighted by atomic mass is 9.80. The summed E-state index contributed by atoms with van der Waals surface area (Å²) < 4.78 is 2.54. The highest BCUT2D eigenvalue weighted by Gasteiger charge is 2.40. The molecule has 4 aromatic rings. The van der Waals surface area contributed by atoms with Crippen molar-refractivity contribution in [3.05, 3.63) is 139 Å². The van der Waals surface area contributed by atoms with E-state index < -0.39 is 0 Å². The van der Waals surface area contributed by atoms with Gasteiger partial charge in [0.15, 0.2) is 0 Å². The molecule has 67 heavy (non-hydrogen) atoms. The van der Waals surface area contributed by atoms with Gasteiger partial charge in [-0.25, -0.2) is 5.43 Å². The van der Waals surface area contributed by atoms with E-state index in [1.54, 1.807) is 0 Å². The second-order valence-corrected chi connectivity index (χ2v) is 21.5. The third-order valence-electron chi connectivity index (χ3n) is 15.2. The van der Waals surface area contributed by atoms with Crippen LogP contribution in [0.3, 0.4) is 0 Å². The maximum Gasteiger partial charge on any atom is 0.0707 e. The molecule has 0 radical (unpaired) electrons. The van der Waals surface area contributed by atoms with Crippen molar-refractivity contribution in [3.8, 4) is 22.4 Å². The number of rotatable bonds is 22. The Morgan fingerprint density at radius 1 is 1.01 bits per heavy atom. The van der Waals surface area contributed by atoms with Crippen LogP contribution in [0.15, 0.2) is 116 Å². The fraction of sp³-hybridized carbons (Fsp3) is 0.508. The molecule has 7 rings (SSSR count). The number of allylic oxidation sites excluding steroid dienone is 1. The molecule has 3 fully saturated rings. The number of hydrogen-bond donors (Lipinski definition) is 3. The van der Waals surface area contributed by atoms with Gasteiger partial charge in [0.2, 0.25) is 0 Å². The molecule has 8 nitrogen and oxygen atoms in total. The molecule has 0 amide bonds. The van der Waals surface area contributed by atoms with Gasteiger partial charge in [-0.1, -0.05) is 104 Å². The Hall–Kier alpha value is -5.05. The lowest BCUT2D eigenvalue weighted by Crippen LogP contribution is -2.51. The number of likely N-dealkylation sites (tertiary alicyclic amines) is 1. The molecule has 2 aromatic heterocycles. The van der Waals surface area contributed by atoms with Crippen LogP contribution in [-0.2, 0) is 19.4 Å². The van der Waals surface area contributed by atoms with Crippen LogP contribution in [0.4, 0.5) is 0 Å². The first-order chi connectivity index (χ1) is 31.9. The van der Waals surface area contributed by atoms with Crippen LogP contribution in [0, 0.1) is 24.2 Å². The van der Waals surface area contributed by atoms with Crippen LogP contribution in [0.25, 0.3) is 33.3 Å². The van der Waals surface area contributed by atoms with Crippen LogP contribution < -0.4 is 16.1 Å². The van der Waals surface area contributed by atoms with Crippen molar-refractivity contribution in [3.63, 3.8) is 0 Å². The van der Waals surface area contributed by atoms with Crippen LogP contribution in [0.1, 0.15) is 116 Å². The fourth-order valence-electron chi connectivity index (χ4n) is 11.4. The standard InChI is InChI=1S/C59H84N8/c1-16-18-26-59(13,14)36-52-51-35-47(23-24-55(51)65(17-2)58(52)50-22-21-27-60-56(50)38(3)4)48-32-40(7)31-46(33-48)34-53(45(12)67-29-20-19-28-62-67)63-41(8)57(39(5)6)64(15)42(9)49-25-30-66(43(49)10)44(11)54-37-61-54/h16,21-24,27,31-33,35,38-39,43,49,53-54,57,61-63H,1,8-9,11-12,17-20,25-26,28-30,34,36-37H2,2-7,10,13-15H3. The summed E-state index contributed by atoms with van der Waals surface area (Å²) in [6.45, 7) is 48.5. The van der Waals surface area contributed by atoms with E-state index in [1.807, 2.05) is 6.20 Å². The van der Waals surface area contributed by atoms with Crippen molar-refractivity contribution in [1.82, 2.24) is 40.4 Å². The number of hydrogen-bond acceptors (Lipinski definition) is 7. The van der Waals surface area contributed by atoms with Gasteiger partial charge in [0, 0.05) is 97.2 Å². The topological polar surface area (TPSA) is 73.5 Å². The largest absolute Gasteiger partial charge is 0.378 e. The normalized spacial score (nSPS) is 19.5. The van der Waals surface area contributed by atoms with E-state index in [2.05, 4.69) is 173 Å². The lowest BCUT2D eigenvalue weighted by molar-refractivity contribution is 0.183. The number of aryl methyl sites for hydroxylation is 2. The monoisotopic (exact) mass is 905 g/mol. The van der Waals surface area contributed by atoms with Crippen LogP contribution >= 0.6 is 0 Å². The van der Waals surface area contributed by atoms with Gasteiger partial charge < -0.3 is 30.0 Å². The minimum atomic E-state index is -0.0754. The van der Waals surface area contributed by atoms with Gasteiger partial charge in [-0.3, -0.25) is 4.98 Å². The van der Waals surface area contributed by atoms with Gasteiger partial charge in [-0.2, -0.15) is 0 Å². The minimum Gasteiger partial charge on any atom is -0.378 e. The van der Waals surface area contributed by atoms with Crippen molar-refractivity contribution in [2.45, 2.75) is 144 Å². The Morgan fingerprint density at radius 3 is 2.43 bits per heavy atom. The molecule has 0 bridgehead atoms. The predicted molar refractivity (Wildman–Crippen MR) is 286 cm³/mol. The molecule has 0 saturated carbocycles. The molecule has 0 spiro atoms. The zero-order chi connectivity index (χ0) is 48.3. The van der Waals surface area contributed by atoms with E-state index in [9.17, 15) is 0 Å². The molecule has 5 atom stereocenters. The Kier molecular flexibility index (Phi) is 15.7. The molecular weight excluding hydrogens is 821 g/mol. The van der Waals surface area contributed by atoms with Gasteiger partial charge in [0.1, 0.15) is 0 Å². The lowest BCUT2D eigenvalue weighted by Gasteiger charge is -2.41. The van der Waals surface area contributed by atoms with Crippen molar-refractivity contribution in [2.24, 2.45) is 17.3 Å². The van der Waals surface area contributed by atoms with Gasteiger partial charge in [0.25, 0.3) is 0 Å². The Morgan fingerprint density at radius 2 is 1.78 bits per heavy atom. The summed E-state index contributed by atoms with van der Waals surface area (Å²) in [7, 11) is 2.22. The summed E-state index contributed by atoms with van der Waals surface area (Å²) in [5.41, 5.74) is 19.6. The van der Waals surface area contributed by atoms with Gasteiger partial charge in [0.05, 0.1) is 29.5 Å². The highest BCUT2D eigenvalue weighted by Crippen LogP contribution is 2.43. The third-order valence-corrected chi connectivity index (χ3v) is 15.2. The van der Waals surface area contributed by atoms with E-state index in [-0.39, 0.29) is 17.5 Å². The summed E-state index contributed by atoms with van der Waals surface area (Å²) in [5, 5.41) is 11.1. The average molecular weight is 905 g/mol. The number of aromatic nitrogens is 2. The molecule has 2 aromatic carbocycles. The summed E-state index contributed by atoms with van der Waals surface area (Å²) in [4.78, 5) is 9.87. The maximum absolute atomic E-state index is 4.96. The minimum absolute atomic E-state index is 0.0472.